The smallest absolute Gasteiger partial charge is 0.330 e. The zero-order valence-electron chi connectivity index (χ0n) is 14.1. The molecule has 0 aliphatic rings. The average Bonchev–Trinajstić information content (AvgIpc) is 2.54. The van der Waals surface area contributed by atoms with E-state index in [1.807, 2.05) is 0 Å². The first-order valence-corrected chi connectivity index (χ1v) is 9.11. The van der Waals surface area contributed by atoms with Gasteiger partial charge in [-0.2, -0.15) is 8.78 Å². The van der Waals surface area contributed by atoms with Crippen LogP contribution in [0.4, 0.5) is 27.6 Å². The van der Waals surface area contributed by atoms with Crippen LogP contribution in [0.1, 0.15) is 11.1 Å². The topological polar surface area (TPSA) is 55.4 Å². The second kappa shape index (κ2) is 8.22. The molecular formula is C17H16F5NO3S. The van der Waals surface area contributed by atoms with Crippen LogP contribution >= 0.6 is 0 Å². The molecule has 0 bridgehead atoms. The maximum Gasteiger partial charge on any atom is 0.330 e. The summed E-state index contributed by atoms with van der Waals surface area (Å²) in [6.07, 6.45) is -3.85. The van der Waals surface area contributed by atoms with Crippen molar-refractivity contribution in [3.8, 4) is 0 Å². The summed E-state index contributed by atoms with van der Waals surface area (Å²) in [6.45, 7) is -0.306. The quantitative estimate of drug-likeness (QED) is 0.660. The van der Waals surface area contributed by atoms with Crippen LogP contribution in [0, 0.1) is 12.7 Å². The highest BCUT2D eigenvalue weighted by Gasteiger charge is 2.40. The molecule has 0 aliphatic carbocycles. The largest absolute Gasteiger partial charge is 0.370 e. The third-order valence-corrected chi connectivity index (χ3v) is 4.85. The van der Waals surface area contributed by atoms with E-state index < -0.39 is 46.3 Å². The predicted octanol–water partition coefficient (Wildman–Crippen LogP) is 4.35. The van der Waals surface area contributed by atoms with Gasteiger partial charge in [0.15, 0.2) is 0 Å². The van der Waals surface area contributed by atoms with Crippen LogP contribution in [0.3, 0.4) is 0 Å². The lowest BCUT2D eigenvalue weighted by Crippen LogP contribution is -2.32. The predicted molar refractivity (Wildman–Crippen MR) is 89.0 cm³/mol. The molecule has 4 nitrogen and oxygen atoms in total. The molecule has 0 radical (unpaired) electrons. The molecule has 0 atom stereocenters. The molecule has 2 aromatic rings. The Labute approximate surface area is 153 Å². The third-order valence-electron chi connectivity index (χ3n) is 3.44. The first-order valence-electron chi connectivity index (χ1n) is 7.63. The van der Waals surface area contributed by atoms with Crippen molar-refractivity contribution in [2.45, 2.75) is 30.8 Å². The van der Waals surface area contributed by atoms with Gasteiger partial charge in [0, 0.05) is 5.69 Å². The lowest BCUT2D eigenvalue weighted by Gasteiger charge is -2.15. The minimum atomic E-state index is -4.28. The van der Waals surface area contributed by atoms with E-state index in [-0.39, 0.29) is 11.3 Å². The van der Waals surface area contributed by atoms with Crippen molar-refractivity contribution in [2.24, 2.45) is 0 Å². The van der Waals surface area contributed by atoms with Gasteiger partial charge in [-0.05, 0) is 42.3 Å². The molecule has 10 heteroatoms. The first-order chi connectivity index (χ1) is 12.5. The summed E-state index contributed by atoms with van der Waals surface area (Å²) < 4.78 is 95.0. The molecule has 0 heterocycles. The lowest BCUT2D eigenvalue weighted by molar-refractivity contribution is -0.168. The van der Waals surface area contributed by atoms with Crippen LogP contribution in [0.2, 0.25) is 0 Å². The van der Waals surface area contributed by atoms with Crippen molar-refractivity contribution < 1.29 is 35.1 Å². The zero-order valence-corrected chi connectivity index (χ0v) is 14.9. The van der Waals surface area contributed by atoms with Crippen molar-refractivity contribution in [1.82, 2.24) is 0 Å². The van der Waals surface area contributed by atoms with Gasteiger partial charge in [-0.3, -0.25) is 4.72 Å². The summed E-state index contributed by atoms with van der Waals surface area (Å²) in [4.78, 5) is -0.550. The monoisotopic (exact) mass is 409 g/mol. The Morgan fingerprint density at radius 3 is 2.48 bits per heavy atom. The normalized spacial score (nSPS) is 12.4. The number of hydrogen-bond donors (Lipinski definition) is 1. The molecule has 0 saturated carbocycles. The number of aryl methyl sites for hydroxylation is 1. The second-order valence-corrected chi connectivity index (χ2v) is 7.45. The molecule has 0 unspecified atom stereocenters. The fraction of sp³-hybridized carbons (Fsp3) is 0.294. The average molecular weight is 409 g/mol. The molecule has 0 fully saturated rings. The lowest BCUT2D eigenvalue weighted by atomic mass is 10.2. The Hall–Kier alpha value is -2.20. The van der Waals surface area contributed by atoms with E-state index in [0.29, 0.717) is 5.56 Å². The van der Waals surface area contributed by atoms with Crippen molar-refractivity contribution in [3.63, 3.8) is 0 Å². The fourth-order valence-corrected chi connectivity index (χ4v) is 3.24. The standard InChI is InChI=1S/C17H16F5NO3S/c1-11-5-6-15(14(18)7-11)27(24,25)23-13-4-2-3-12(8-13)9-26-10-17(21,22)16(19)20/h2-8,16,23H,9-10H2,1H3. The fourth-order valence-electron chi connectivity index (χ4n) is 2.13. The van der Waals surface area contributed by atoms with E-state index in [0.717, 1.165) is 12.1 Å². The van der Waals surface area contributed by atoms with Gasteiger partial charge in [0.05, 0.1) is 6.61 Å². The number of rotatable bonds is 8. The maximum atomic E-state index is 13.9. The Morgan fingerprint density at radius 2 is 1.85 bits per heavy atom. The van der Waals surface area contributed by atoms with Crippen molar-refractivity contribution in [3.05, 3.63) is 59.4 Å². The molecule has 0 spiro atoms. The third kappa shape index (κ3) is 5.64. The second-order valence-electron chi connectivity index (χ2n) is 5.79. The molecule has 27 heavy (non-hydrogen) atoms. The minimum absolute atomic E-state index is 0.0386. The van der Waals surface area contributed by atoms with E-state index in [2.05, 4.69) is 9.46 Å². The molecule has 1 N–H and O–H groups in total. The number of alkyl halides is 4. The van der Waals surface area contributed by atoms with Crippen LogP contribution in [0.15, 0.2) is 47.4 Å². The number of ether oxygens (including phenoxy) is 1. The minimum Gasteiger partial charge on any atom is -0.370 e. The van der Waals surface area contributed by atoms with Gasteiger partial charge in [-0.15, -0.1) is 0 Å². The van der Waals surface area contributed by atoms with Gasteiger partial charge in [0.1, 0.15) is 17.3 Å². The highest BCUT2D eigenvalue weighted by atomic mass is 32.2. The summed E-state index contributed by atoms with van der Waals surface area (Å²) in [5.41, 5.74) is 0.854. The summed E-state index contributed by atoms with van der Waals surface area (Å²) in [7, 11) is -4.22. The van der Waals surface area contributed by atoms with E-state index in [4.69, 9.17) is 0 Å². The Bertz CT molecular complexity index is 903. The Kier molecular flexibility index (Phi) is 6.42. The van der Waals surface area contributed by atoms with E-state index in [1.54, 1.807) is 6.92 Å². The van der Waals surface area contributed by atoms with Gasteiger partial charge in [0.2, 0.25) is 0 Å². The summed E-state index contributed by atoms with van der Waals surface area (Å²) >= 11 is 0. The van der Waals surface area contributed by atoms with E-state index in [9.17, 15) is 30.4 Å². The highest BCUT2D eigenvalue weighted by molar-refractivity contribution is 7.92. The Morgan fingerprint density at radius 1 is 1.15 bits per heavy atom. The van der Waals surface area contributed by atoms with Gasteiger partial charge in [-0.1, -0.05) is 18.2 Å². The number of benzene rings is 2. The van der Waals surface area contributed by atoms with Crippen LogP contribution in [0.25, 0.3) is 0 Å². The molecular weight excluding hydrogens is 393 g/mol. The maximum absolute atomic E-state index is 13.9. The van der Waals surface area contributed by atoms with Gasteiger partial charge >= 0.3 is 12.3 Å². The van der Waals surface area contributed by atoms with Gasteiger partial charge < -0.3 is 4.74 Å². The molecule has 0 amide bonds. The molecule has 148 valence electrons. The number of anilines is 1. The molecule has 2 rings (SSSR count). The Balaban J connectivity index is 2.09. The van der Waals surface area contributed by atoms with Gasteiger partial charge in [-0.25, -0.2) is 21.6 Å². The number of nitrogens with one attached hydrogen (secondary N) is 1. The molecule has 0 saturated heterocycles. The first kappa shape index (κ1) is 21.1. The van der Waals surface area contributed by atoms with E-state index in [1.165, 1.54) is 30.3 Å². The van der Waals surface area contributed by atoms with E-state index >= 15 is 0 Å². The zero-order chi connectivity index (χ0) is 20.2. The molecule has 2 aromatic carbocycles. The summed E-state index contributed by atoms with van der Waals surface area (Å²) in [5.74, 6) is -5.20. The van der Waals surface area contributed by atoms with Crippen LogP contribution in [-0.2, 0) is 21.4 Å². The number of halogens is 5. The molecule has 0 aliphatic heterocycles. The SMILES string of the molecule is Cc1ccc(S(=O)(=O)Nc2cccc(COCC(F)(F)C(F)F)c2)c(F)c1. The molecule has 0 aromatic heterocycles. The van der Waals surface area contributed by atoms with Gasteiger partial charge in [0.25, 0.3) is 10.0 Å². The summed E-state index contributed by atoms with van der Waals surface area (Å²) in [5, 5.41) is 0. The van der Waals surface area contributed by atoms with Crippen molar-refractivity contribution in [1.29, 1.82) is 0 Å². The highest BCUT2D eigenvalue weighted by Crippen LogP contribution is 2.24. The van der Waals surface area contributed by atoms with Crippen LogP contribution in [-0.4, -0.2) is 27.4 Å². The van der Waals surface area contributed by atoms with Crippen LogP contribution < -0.4 is 4.72 Å². The summed E-state index contributed by atoms with van der Waals surface area (Å²) in [6, 6.07) is 9.10. The van der Waals surface area contributed by atoms with Crippen LogP contribution in [0.5, 0.6) is 0 Å². The van der Waals surface area contributed by atoms with Crippen molar-refractivity contribution in [2.75, 3.05) is 11.3 Å². The number of hydrogen-bond acceptors (Lipinski definition) is 3. The number of sulfonamides is 1. The van der Waals surface area contributed by atoms with Crippen molar-refractivity contribution >= 4 is 15.7 Å².